The second kappa shape index (κ2) is 6.47. The van der Waals surface area contributed by atoms with Crippen molar-refractivity contribution in [2.45, 2.75) is 18.1 Å². The Kier molecular flexibility index (Phi) is 5.48. The van der Waals surface area contributed by atoms with Gasteiger partial charge in [-0.25, -0.2) is 17.9 Å². The first-order valence-electron chi connectivity index (χ1n) is 5.80. The molecule has 0 aromatic carbocycles. The number of sulfonamides is 1. The van der Waals surface area contributed by atoms with Gasteiger partial charge in [-0.3, -0.25) is 0 Å². The normalized spacial score (nSPS) is 12.0. The van der Waals surface area contributed by atoms with Crippen LogP contribution >= 0.6 is 11.3 Å². The summed E-state index contributed by atoms with van der Waals surface area (Å²) in [7, 11) is -1.73. The summed E-state index contributed by atoms with van der Waals surface area (Å²) < 4.78 is 26.5. The highest BCUT2D eigenvalue weighted by atomic mass is 32.2. The molecule has 6 nitrogen and oxygen atoms in total. The average Bonchev–Trinajstić information content (AvgIpc) is 2.71. The fourth-order valence-electron chi connectivity index (χ4n) is 1.40. The quantitative estimate of drug-likeness (QED) is 0.784. The molecule has 2 N–H and O–H groups in total. The lowest BCUT2D eigenvalue weighted by Gasteiger charge is -2.13. The molecule has 1 aromatic rings. The van der Waals surface area contributed by atoms with Crippen molar-refractivity contribution >= 4 is 27.3 Å². The molecule has 0 saturated carbocycles. The lowest BCUT2D eigenvalue weighted by Crippen LogP contribution is -2.32. The number of carbonyl (C=O) groups is 1. The Labute approximate surface area is 117 Å². The highest BCUT2D eigenvalue weighted by Gasteiger charge is 2.21. The minimum Gasteiger partial charge on any atom is -0.477 e. The van der Waals surface area contributed by atoms with Crippen LogP contribution in [-0.2, 0) is 10.0 Å². The van der Waals surface area contributed by atoms with E-state index in [2.05, 4.69) is 4.72 Å². The molecule has 0 radical (unpaired) electrons. The predicted molar refractivity (Wildman–Crippen MR) is 74.4 cm³/mol. The molecule has 0 fully saturated rings. The first-order valence-corrected chi connectivity index (χ1v) is 8.09. The van der Waals surface area contributed by atoms with Gasteiger partial charge in [-0.2, -0.15) is 0 Å². The second-order valence-corrected chi connectivity index (χ2v) is 7.22. The number of thiophene rings is 1. The Balaban J connectivity index is 2.78. The maximum atomic E-state index is 12.0. The lowest BCUT2D eigenvalue weighted by atomic mass is 10.3. The average molecular weight is 306 g/mol. The van der Waals surface area contributed by atoms with Crippen molar-refractivity contribution in [2.24, 2.45) is 0 Å². The van der Waals surface area contributed by atoms with E-state index in [1.54, 1.807) is 6.92 Å². The van der Waals surface area contributed by atoms with Gasteiger partial charge < -0.3 is 10.0 Å². The molecular weight excluding hydrogens is 288 g/mol. The summed E-state index contributed by atoms with van der Waals surface area (Å²) >= 11 is 0.776. The Morgan fingerprint density at radius 1 is 1.53 bits per heavy atom. The summed E-state index contributed by atoms with van der Waals surface area (Å²) in [5, 5.41) is 8.91. The monoisotopic (exact) mass is 306 g/mol. The molecular formula is C11H18N2O4S2. The van der Waals surface area contributed by atoms with Crippen LogP contribution in [0.4, 0.5) is 0 Å². The third kappa shape index (κ3) is 4.27. The molecule has 0 amide bonds. The summed E-state index contributed by atoms with van der Waals surface area (Å²) in [4.78, 5) is 12.9. The molecule has 0 unspecified atom stereocenters. The minimum atomic E-state index is -3.62. The summed E-state index contributed by atoms with van der Waals surface area (Å²) in [5.41, 5.74) is 0.462. The van der Waals surface area contributed by atoms with Crippen LogP contribution in [0.3, 0.4) is 0 Å². The topological polar surface area (TPSA) is 86.7 Å². The molecule has 0 atom stereocenters. The van der Waals surface area contributed by atoms with E-state index in [1.165, 1.54) is 6.07 Å². The molecule has 19 heavy (non-hydrogen) atoms. The SMILES string of the molecule is CCN(C)CCNS(=O)(=O)c1cc(C)c(C(=O)O)s1. The number of nitrogens with one attached hydrogen (secondary N) is 1. The summed E-state index contributed by atoms with van der Waals surface area (Å²) in [5.74, 6) is -1.10. The number of likely N-dealkylation sites (N-methyl/N-ethyl adjacent to an activating group) is 1. The van der Waals surface area contributed by atoms with Crippen molar-refractivity contribution in [1.29, 1.82) is 0 Å². The molecule has 108 valence electrons. The molecule has 1 aromatic heterocycles. The van der Waals surface area contributed by atoms with Crippen LogP contribution in [-0.4, -0.2) is 51.1 Å². The third-order valence-corrected chi connectivity index (χ3v) is 5.84. The number of hydrogen-bond acceptors (Lipinski definition) is 5. The zero-order valence-electron chi connectivity index (χ0n) is 11.1. The van der Waals surface area contributed by atoms with Gasteiger partial charge in [0, 0.05) is 13.1 Å². The summed E-state index contributed by atoms with van der Waals surface area (Å²) in [6.45, 7) is 5.31. The zero-order valence-corrected chi connectivity index (χ0v) is 12.8. The molecule has 0 aliphatic rings. The third-order valence-electron chi connectivity index (χ3n) is 2.68. The van der Waals surface area contributed by atoms with Gasteiger partial charge in [-0.05, 0) is 32.1 Å². The van der Waals surface area contributed by atoms with Crippen molar-refractivity contribution < 1.29 is 18.3 Å². The number of rotatable bonds is 7. The van der Waals surface area contributed by atoms with Crippen LogP contribution < -0.4 is 4.72 Å². The van der Waals surface area contributed by atoms with Crippen molar-refractivity contribution in [3.05, 3.63) is 16.5 Å². The van der Waals surface area contributed by atoms with Crippen molar-refractivity contribution in [1.82, 2.24) is 9.62 Å². The van der Waals surface area contributed by atoms with Gasteiger partial charge in [-0.1, -0.05) is 6.92 Å². The van der Waals surface area contributed by atoms with E-state index in [0.717, 1.165) is 17.9 Å². The van der Waals surface area contributed by atoms with E-state index in [-0.39, 0.29) is 9.09 Å². The van der Waals surface area contributed by atoms with E-state index in [9.17, 15) is 13.2 Å². The molecule has 1 heterocycles. The van der Waals surface area contributed by atoms with E-state index >= 15 is 0 Å². The Hall–Kier alpha value is -0.960. The van der Waals surface area contributed by atoms with Crippen LogP contribution in [0, 0.1) is 6.92 Å². The summed E-state index contributed by atoms with van der Waals surface area (Å²) in [6, 6.07) is 1.39. The van der Waals surface area contributed by atoms with Gasteiger partial charge >= 0.3 is 5.97 Å². The number of hydrogen-bond donors (Lipinski definition) is 2. The van der Waals surface area contributed by atoms with Gasteiger partial charge in [-0.15, -0.1) is 11.3 Å². The van der Waals surface area contributed by atoms with Crippen molar-refractivity contribution in [2.75, 3.05) is 26.7 Å². The van der Waals surface area contributed by atoms with Crippen molar-refractivity contribution in [3.63, 3.8) is 0 Å². The summed E-state index contributed by atoms with van der Waals surface area (Å²) in [6.07, 6.45) is 0. The maximum absolute atomic E-state index is 12.0. The van der Waals surface area contributed by atoms with E-state index < -0.39 is 16.0 Å². The van der Waals surface area contributed by atoms with Crippen LogP contribution in [0.15, 0.2) is 10.3 Å². The maximum Gasteiger partial charge on any atom is 0.346 e. The number of carboxylic acids is 1. The second-order valence-electron chi connectivity index (χ2n) is 4.18. The number of carboxylic acid groups (broad SMARTS) is 1. The standard InChI is InChI=1S/C11H18N2O4S2/c1-4-13(3)6-5-12-19(16,17)9-7-8(2)10(18-9)11(14)15/h7,12H,4-6H2,1-3H3,(H,14,15). The molecule has 0 bridgehead atoms. The van der Waals surface area contributed by atoms with Crippen molar-refractivity contribution in [3.8, 4) is 0 Å². The van der Waals surface area contributed by atoms with E-state index in [4.69, 9.17) is 5.11 Å². The first kappa shape index (κ1) is 16.1. The molecule has 1 rings (SSSR count). The smallest absolute Gasteiger partial charge is 0.346 e. The van der Waals surface area contributed by atoms with Gasteiger partial charge in [0.25, 0.3) is 0 Å². The largest absolute Gasteiger partial charge is 0.477 e. The molecule has 0 aliphatic heterocycles. The predicted octanol–water partition coefficient (Wildman–Crippen LogP) is 0.985. The van der Waals surface area contributed by atoms with Crippen LogP contribution in [0.5, 0.6) is 0 Å². The number of nitrogens with zero attached hydrogens (tertiary/aromatic N) is 1. The van der Waals surface area contributed by atoms with Gasteiger partial charge in [0.1, 0.15) is 9.09 Å². The Morgan fingerprint density at radius 2 is 2.16 bits per heavy atom. The molecule has 0 aliphatic carbocycles. The van der Waals surface area contributed by atoms with Gasteiger partial charge in [0.15, 0.2) is 0 Å². The number of aryl methyl sites for hydroxylation is 1. The van der Waals surface area contributed by atoms with E-state index in [1.807, 2.05) is 18.9 Å². The minimum absolute atomic E-state index is 0.0431. The van der Waals surface area contributed by atoms with Gasteiger partial charge in [0.2, 0.25) is 10.0 Å². The van der Waals surface area contributed by atoms with E-state index in [0.29, 0.717) is 18.7 Å². The lowest BCUT2D eigenvalue weighted by molar-refractivity contribution is 0.0701. The number of aromatic carboxylic acids is 1. The van der Waals surface area contributed by atoms with Crippen LogP contribution in [0.25, 0.3) is 0 Å². The zero-order chi connectivity index (χ0) is 14.6. The fourth-order valence-corrected chi connectivity index (χ4v) is 3.84. The fraction of sp³-hybridized carbons (Fsp3) is 0.545. The van der Waals surface area contributed by atoms with Gasteiger partial charge in [0.05, 0.1) is 0 Å². The van der Waals surface area contributed by atoms with Crippen LogP contribution in [0.2, 0.25) is 0 Å². The first-order chi connectivity index (χ1) is 8.77. The molecule has 0 spiro atoms. The highest BCUT2D eigenvalue weighted by Crippen LogP contribution is 2.25. The molecule has 8 heteroatoms. The Morgan fingerprint density at radius 3 is 2.63 bits per heavy atom. The van der Waals surface area contributed by atoms with Crippen LogP contribution in [0.1, 0.15) is 22.2 Å². The Bertz CT molecular complexity index is 551. The molecule has 0 saturated heterocycles. The highest BCUT2D eigenvalue weighted by molar-refractivity contribution is 7.91.